The van der Waals surface area contributed by atoms with Crippen LogP contribution >= 0.6 is 11.3 Å². The molecule has 0 spiro atoms. The van der Waals surface area contributed by atoms with Gasteiger partial charge in [0, 0.05) is 12.0 Å². The molecule has 0 aliphatic heterocycles. The normalized spacial score (nSPS) is 11.0. The highest BCUT2D eigenvalue weighted by Crippen LogP contribution is 2.41. The summed E-state index contributed by atoms with van der Waals surface area (Å²) in [4.78, 5) is 0.775. The van der Waals surface area contributed by atoms with E-state index in [0.29, 0.717) is 17.2 Å². The van der Waals surface area contributed by atoms with Gasteiger partial charge in [-0.25, -0.2) is 0 Å². The number of methoxy groups -OCH3 is 3. The lowest BCUT2D eigenvalue weighted by Gasteiger charge is -2.13. The minimum Gasteiger partial charge on any atom is -0.493 e. The maximum Gasteiger partial charge on any atom is 0.234 e. The summed E-state index contributed by atoms with van der Waals surface area (Å²) in [5.74, 6) is 2.63. The Labute approximate surface area is 137 Å². The Morgan fingerprint density at radius 3 is 2.30 bits per heavy atom. The minimum atomic E-state index is 0.563. The molecule has 0 aliphatic rings. The molecule has 0 aliphatic carbocycles. The van der Waals surface area contributed by atoms with E-state index in [1.807, 2.05) is 12.1 Å². The second-order valence-electron chi connectivity index (χ2n) is 4.88. The Hall–Kier alpha value is -2.35. The Bertz CT molecular complexity index is 802. The first-order chi connectivity index (χ1) is 11.2. The smallest absolute Gasteiger partial charge is 0.234 e. The molecule has 0 atom stereocenters. The number of benzene rings is 1. The van der Waals surface area contributed by atoms with Gasteiger partial charge in [0.2, 0.25) is 10.7 Å². The van der Waals surface area contributed by atoms with Crippen LogP contribution in [0.15, 0.2) is 12.1 Å². The summed E-state index contributed by atoms with van der Waals surface area (Å²) >= 11 is 1.48. The Morgan fingerprint density at radius 2 is 1.74 bits per heavy atom. The molecule has 0 saturated carbocycles. The fourth-order valence-corrected chi connectivity index (χ4v) is 3.20. The minimum absolute atomic E-state index is 0.563. The number of rotatable bonds is 6. The summed E-state index contributed by atoms with van der Waals surface area (Å²) in [7, 11) is 4.78. The van der Waals surface area contributed by atoms with Crippen LogP contribution in [0.5, 0.6) is 17.2 Å². The highest BCUT2D eigenvalue weighted by atomic mass is 32.1. The van der Waals surface area contributed by atoms with Crippen LogP contribution in [-0.2, 0) is 6.42 Å². The maximum absolute atomic E-state index is 5.40. The summed E-state index contributed by atoms with van der Waals surface area (Å²) in [5.41, 5.74) is 0.887. The van der Waals surface area contributed by atoms with Crippen molar-refractivity contribution in [3.8, 4) is 27.8 Å². The van der Waals surface area contributed by atoms with Gasteiger partial charge in [-0.1, -0.05) is 18.3 Å². The van der Waals surface area contributed by atoms with Crippen molar-refractivity contribution in [3.05, 3.63) is 18.0 Å². The van der Waals surface area contributed by atoms with Crippen LogP contribution in [0.3, 0.4) is 0 Å². The number of hydrogen-bond donors (Lipinski definition) is 0. The second kappa shape index (κ2) is 6.41. The van der Waals surface area contributed by atoms with E-state index < -0.39 is 0 Å². The Morgan fingerprint density at radius 1 is 1.04 bits per heavy atom. The van der Waals surface area contributed by atoms with Gasteiger partial charge in [0.25, 0.3) is 0 Å². The average molecular weight is 334 g/mol. The molecule has 0 N–H and O–H groups in total. The van der Waals surface area contributed by atoms with Crippen LogP contribution in [0, 0.1) is 0 Å². The molecule has 0 fully saturated rings. The standard InChI is InChI=1S/C15H18N4O3S/c1-5-6-12-16-17-15-19(12)18-14(23-15)9-7-10(20-2)13(22-4)11(8-9)21-3/h7-8H,5-6H2,1-4H3. The van der Waals surface area contributed by atoms with Crippen LogP contribution in [-0.4, -0.2) is 41.1 Å². The van der Waals surface area contributed by atoms with Crippen molar-refractivity contribution in [2.75, 3.05) is 21.3 Å². The first kappa shape index (κ1) is 15.5. The molecule has 3 aromatic rings. The molecule has 0 saturated heterocycles. The molecule has 122 valence electrons. The third-order valence-corrected chi connectivity index (χ3v) is 4.39. The summed E-state index contributed by atoms with van der Waals surface area (Å²) in [6.07, 6.45) is 1.84. The molecule has 2 heterocycles. The molecule has 8 heteroatoms. The lowest BCUT2D eigenvalue weighted by atomic mass is 10.2. The fraction of sp³-hybridized carbons (Fsp3) is 0.400. The summed E-state index contributed by atoms with van der Waals surface area (Å²) in [6.45, 7) is 2.10. The van der Waals surface area contributed by atoms with E-state index in [0.717, 1.165) is 34.2 Å². The van der Waals surface area contributed by atoms with E-state index in [1.165, 1.54) is 11.3 Å². The van der Waals surface area contributed by atoms with Crippen molar-refractivity contribution in [1.82, 2.24) is 19.8 Å². The number of ether oxygens (including phenoxy) is 3. The van der Waals surface area contributed by atoms with Crippen molar-refractivity contribution in [1.29, 1.82) is 0 Å². The number of nitrogens with zero attached hydrogens (tertiary/aromatic N) is 4. The van der Waals surface area contributed by atoms with Crippen LogP contribution in [0.2, 0.25) is 0 Å². The van der Waals surface area contributed by atoms with Crippen molar-refractivity contribution in [3.63, 3.8) is 0 Å². The fourth-order valence-electron chi connectivity index (χ4n) is 2.36. The van der Waals surface area contributed by atoms with Gasteiger partial charge in [-0.2, -0.15) is 9.61 Å². The molecule has 23 heavy (non-hydrogen) atoms. The van der Waals surface area contributed by atoms with Gasteiger partial charge in [-0.05, 0) is 18.6 Å². The molecule has 0 bridgehead atoms. The van der Waals surface area contributed by atoms with Crippen LogP contribution < -0.4 is 14.2 Å². The van der Waals surface area contributed by atoms with Gasteiger partial charge in [0.15, 0.2) is 17.3 Å². The lowest BCUT2D eigenvalue weighted by molar-refractivity contribution is 0.324. The monoisotopic (exact) mass is 334 g/mol. The lowest BCUT2D eigenvalue weighted by Crippen LogP contribution is -1.97. The van der Waals surface area contributed by atoms with Crippen molar-refractivity contribution in [2.24, 2.45) is 0 Å². The number of fused-ring (bicyclic) bond motifs is 1. The van der Waals surface area contributed by atoms with Crippen LogP contribution in [0.25, 0.3) is 15.5 Å². The van der Waals surface area contributed by atoms with E-state index >= 15 is 0 Å². The van der Waals surface area contributed by atoms with Crippen molar-refractivity contribution in [2.45, 2.75) is 19.8 Å². The predicted octanol–water partition coefficient (Wildman–Crippen LogP) is 2.83. The molecular formula is C15H18N4O3S. The zero-order valence-corrected chi connectivity index (χ0v) is 14.3. The maximum atomic E-state index is 5.40. The van der Waals surface area contributed by atoms with E-state index in [1.54, 1.807) is 25.8 Å². The highest BCUT2D eigenvalue weighted by Gasteiger charge is 2.18. The third-order valence-electron chi connectivity index (χ3n) is 3.44. The molecule has 7 nitrogen and oxygen atoms in total. The van der Waals surface area contributed by atoms with Gasteiger partial charge in [-0.3, -0.25) is 0 Å². The summed E-state index contributed by atoms with van der Waals surface area (Å²) in [5, 5.41) is 13.8. The van der Waals surface area contributed by atoms with Gasteiger partial charge in [0.05, 0.1) is 21.3 Å². The number of aryl methyl sites for hydroxylation is 1. The molecular weight excluding hydrogens is 316 g/mol. The summed E-state index contributed by atoms with van der Waals surface area (Å²) < 4.78 is 17.9. The van der Waals surface area contributed by atoms with Crippen molar-refractivity contribution < 1.29 is 14.2 Å². The van der Waals surface area contributed by atoms with Crippen LogP contribution in [0.1, 0.15) is 19.2 Å². The topological polar surface area (TPSA) is 70.8 Å². The van der Waals surface area contributed by atoms with Gasteiger partial charge in [-0.15, -0.1) is 10.2 Å². The second-order valence-corrected chi connectivity index (χ2v) is 5.84. The number of hydrogen-bond acceptors (Lipinski definition) is 7. The third kappa shape index (κ3) is 2.70. The average Bonchev–Trinajstić information content (AvgIpc) is 3.15. The largest absolute Gasteiger partial charge is 0.493 e. The molecule has 0 radical (unpaired) electrons. The number of aromatic nitrogens is 4. The van der Waals surface area contributed by atoms with Crippen LogP contribution in [0.4, 0.5) is 0 Å². The molecule has 0 amide bonds. The van der Waals surface area contributed by atoms with E-state index in [2.05, 4.69) is 22.2 Å². The zero-order valence-electron chi connectivity index (χ0n) is 13.5. The quantitative estimate of drug-likeness (QED) is 0.690. The van der Waals surface area contributed by atoms with Crippen molar-refractivity contribution >= 4 is 16.3 Å². The van der Waals surface area contributed by atoms with E-state index in [4.69, 9.17) is 14.2 Å². The molecule has 0 unspecified atom stereocenters. The zero-order chi connectivity index (χ0) is 16.4. The van der Waals surface area contributed by atoms with E-state index in [-0.39, 0.29) is 0 Å². The van der Waals surface area contributed by atoms with Gasteiger partial charge >= 0.3 is 0 Å². The predicted molar refractivity (Wildman–Crippen MR) is 87.7 cm³/mol. The molecule has 2 aromatic heterocycles. The highest BCUT2D eigenvalue weighted by molar-refractivity contribution is 7.19. The first-order valence-corrected chi connectivity index (χ1v) is 8.05. The molecule has 3 rings (SSSR count). The SMILES string of the molecule is CCCc1nnc2sc(-c3cc(OC)c(OC)c(OC)c3)nn12. The molecule has 1 aromatic carbocycles. The summed E-state index contributed by atoms with van der Waals surface area (Å²) in [6, 6.07) is 3.76. The van der Waals surface area contributed by atoms with Gasteiger partial charge in [0.1, 0.15) is 5.01 Å². The Balaban J connectivity index is 2.10. The van der Waals surface area contributed by atoms with E-state index in [9.17, 15) is 0 Å². The Kier molecular flexibility index (Phi) is 4.33. The van der Waals surface area contributed by atoms with Gasteiger partial charge < -0.3 is 14.2 Å². The first-order valence-electron chi connectivity index (χ1n) is 7.23.